The van der Waals surface area contributed by atoms with Crippen molar-refractivity contribution in [2.24, 2.45) is 0 Å². The van der Waals surface area contributed by atoms with Gasteiger partial charge in [-0.3, -0.25) is 9.59 Å². The zero-order valence-corrected chi connectivity index (χ0v) is 11.4. The lowest BCUT2D eigenvalue weighted by Crippen LogP contribution is -2.31. The third-order valence-electron chi connectivity index (χ3n) is 3.22. The van der Waals surface area contributed by atoms with E-state index < -0.39 is 0 Å². The number of nitrogens with one attached hydrogen (secondary N) is 2. The van der Waals surface area contributed by atoms with Gasteiger partial charge in [0.25, 0.3) is 6.47 Å². The topological polar surface area (TPSA) is 113 Å². The minimum Gasteiger partial charge on any atom is -0.483 e. The first-order valence-electron chi connectivity index (χ1n) is 6.66. The van der Waals surface area contributed by atoms with Crippen LogP contribution in [-0.2, 0) is 9.59 Å². The average molecular weight is 291 g/mol. The van der Waals surface area contributed by atoms with Crippen LogP contribution in [0.1, 0.15) is 25.3 Å². The van der Waals surface area contributed by atoms with Gasteiger partial charge in [-0.2, -0.15) is 0 Å². The van der Waals surface area contributed by atoms with Crippen molar-refractivity contribution in [3.8, 4) is 11.6 Å². The number of aromatic amines is 1. The van der Waals surface area contributed by atoms with E-state index in [4.69, 9.17) is 9.90 Å². The van der Waals surface area contributed by atoms with Gasteiger partial charge in [-0.25, -0.2) is 9.97 Å². The Morgan fingerprint density at radius 1 is 1.33 bits per heavy atom. The zero-order valence-electron chi connectivity index (χ0n) is 11.4. The van der Waals surface area contributed by atoms with E-state index in [1.807, 2.05) is 10.8 Å². The molecule has 0 radical (unpaired) electrons. The van der Waals surface area contributed by atoms with Crippen LogP contribution in [0.4, 0.5) is 0 Å². The molecular formula is C13H17N5O3. The van der Waals surface area contributed by atoms with Crippen LogP contribution in [0.5, 0.6) is 0 Å². The number of amides is 1. The largest absolute Gasteiger partial charge is 0.483 e. The molecule has 0 bridgehead atoms. The normalized spacial score (nSPS) is 18.1. The maximum atomic E-state index is 12.0. The molecule has 2 aromatic rings. The molecule has 8 heteroatoms. The van der Waals surface area contributed by atoms with Crippen LogP contribution in [0.3, 0.4) is 0 Å². The number of nitrogens with zero attached hydrogens (tertiary/aromatic N) is 3. The highest BCUT2D eigenvalue weighted by molar-refractivity contribution is 5.81. The van der Waals surface area contributed by atoms with Crippen molar-refractivity contribution in [2.45, 2.75) is 25.3 Å². The first-order chi connectivity index (χ1) is 10.3. The van der Waals surface area contributed by atoms with Crippen molar-refractivity contribution in [2.75, 3.05) is 6.54 Å². The molecule has 1 amide bonds. The molecular weight excluding hydrogens is 274 g/mol. The van der Waals surface area contributed by atoms with E-state index in [0.717, 1.165) is 25.8 Å². The predicted octanol–water partition coefficient (Wildman–Crippen LogP) is 0.815. The molecule has 0 aliphatic carbocycles. The molecule has 1 saturated heterocycles. The van der Waals surface area contributed by atoms with E-state index in [9.17, 15) is 4.79 Å². The van der Waals surface area contributed by atoms with Gasteiger partial charge in [0.05, 0.1) is 0 Å². The quantitative estimate of drug-likeness (QED) is 0.709. The number of hydrogen-bond acceptors (Lipinski definition) is 4. The molecule has 2 aromatic heterocycles. The number of imidazole rings is 2. The van der Waals surface area contributed by atoms with Gasteiger partial charge < -0.3 is 20.0 Å². The molecule has 0 saturated carbocycles. The SMILES string of the molecule is O=C1NCCCC[C@@H]1n1ccnc1-c1ncc[nH]1.O=CO. The van der Waals surface area contributed by atoms with E-state index in [-0.39, 0.29) is 18.4 Å². The van der Waals surface area contributed by atoms with Crippen molar-refractivity contribution < 1.29 is 14.7 Å². The van der Waals surface area contributed by atoms with Gasteiger partial charge >= 0.3 is 0 Å². The second kappa shape index (κ2) is 7.22. The van der Waals surface area contributed by atoms with E-state index in [1.165, 1.54) is 0 Å². The third-order valence-corrected chi connectivity index (χ3v) is 3.22. The number of hydrogen-bond donors (Lipinski definition) is 3. The van der Waals surface area contributed by atoms with Crippen molar-refractivity contribution in [1.82, 2.24) is 24.8 Å². The van der Waals surface area contributed by atoms with Gasteiger partial charge in [0.1, 0.15) is 6.04 Å². The molecule has 0 unspecified atom stereocenters. The fourth-order valence-corrected chi connectivity index (χ4v) is 2.32. The summed E-state index contributed by atoms with van der Waals surface area (Å²) in [6, 6.07) is -0.185. The first kappa shape index (κ1) is 14.8. The fraction of sp³-hybridized carbons (Fsp3) is 0.385. The molecule has 0 spiro atoms. The van der Waals surface area contributed by atoms with Crippen LogP contribution in [0, 0.1) is 0 Å². The predicted molar refractivity (Wildman–Crippen MR) is 74.4 cm³/mol. The van der Waals surface area contributed by atoms with Gasteiger partial charge in [0.2, 0.25) is 5.91 Å². The smallest absolute Gasteiger partial charge is 0.290 e. The van der Waals surface area contributed by atoms with Gasteiger partial charge in [0.15, 0.2) is 11.6 Å². The minimum absolute atomic E-state index is 0.0679. The Labute approximate surface area is 121 Å². The number of rotatable bonds is 2. The number of carboxylic acid groups (broad SMARTS) is 1. The van der Waals surface area contributed by atoms with E-state index >= 15 is 0 Å². The maximum Gasteiger partial charge on any atom is 0.290 e. The second-order valence-electron chi connectivity index (χ2n) is 4.50. The summed E-state index contributed by atoms with van der Waals surface area (Å²) in [6.07, 6.45) is 9.90. The van der Waals surface area contributed by atoms with E-state index in [1.54, 1.807) is 18.6 Å². The Hall–Kier alpha value is -2.64. The van der Waals surface area contributed by atoms with Gasteiger partial charge in [-0.1, -0.05) is 0 Å². The molecule has 8 nitrogen and oxygen atoms in total. The molecule has 0 aromatic carbocycles. The zero-order chi connectivity index (χ0) is 15.1. The molecule has 1 aliphatic rings. The third kappa shape index (κ3) is 3.47. The lowest BCUT2D eigenvalue weighted by Gasteiger charge is -2.16. The van der Waals surface area contributed by atoms with Crippen molar-refractivity contribution in [1.29, 1.82) is 0 Å². The Kier molecular flexibility index (Phi) is 5.08. The number of aromatic nitrogens is 4. The number of H-pyrrole nitrogens is 1. The van der Waals surface area contributed by atoms with Gasteiger partial charge in [0, 0.05) is 31.3 Å². The molecule has 1 fully saturated rings. The van der Waals surface area contributed by atoms with Crippen molar-refractivity contribution in [3.63, 3.8) is 0 Å². The monoisotopic (exact) mass is 291 g/mol. The Morgan fingerprint density at radius 2 is 2.14 bits per heavy atom. The van der Waals surface area contributed by atoms with Crippen LogP contribution >= 0.6 is 0 Å². The van der Waals surface area contributed by atoms with E-state index in [0.29, 0.717) is 11.6 Å². The highest BCUT2D eigenvalue weighted by Gasteiger charge is 2.25. The van der Waals surface area contributed by atoms with E-state index in [2.05, 4.69) is 20.3 Å². The van der Waals surface area contributed by atoms with Crippen molar-refractivity contribution >= 4 is 12.4 Å². The summed E-state index contributed by atoms with van der Waals surface area (Å²) in [5, 5.41) is 9.83. The summed E-state index contributed by atoms with van der Waals surface area (Å²) in [5.74, 6) is 1.47. The van der Waals surface area contributed by atoms with Gasteiger partial charge in [-0.15, -0.1) is 0 Å². The lowest BCUT2D eigenvalue weighted by molar-refractivity contribution is -0.124. The molecule has 3 heterocycles. The first-order valence-corrected chi connectivity index (χ1v) is 6.66. The molecule has 1 aliphatic heterocycles. The summed E-state index contributed by atoms with van der Waals surface area (Å²) in [4.78, 5) is 31.9. The summed E-state index contributed by atoms with van der Waals surface area (Å²) >= 11 is 0. The highest BCUT2D eigenvalue weighted by atomic mass is 16.3. The molecule has 112 valence electrons. The number of carbonyl (C=O) groups excluding carboxylic acids is 1. The van der Waals surface area contributed by atoms with Crippen LogP contribution in [0.15, 0.2) is 24.8 Å². The van der Waals surface area contributed by atoms with Gasteiger partial charge in [-0.05, 0) is 19.3 Å². The highest BCUT2D eigenvalue weighted by Crippen LogP contribution is 2.23. The average Bonchev–Trinajstić information content (AvgIpc) is 3.10. The maximum absolute atomic E-state index is 12.0. The van der Waals surface area contributed by atoms with Crippen molar-refractivity contribution in [3.05, 3.63) is 24.8 Å². The standard InChI is InChI=1S/C12H15N5O.CH2O2/c18-12-9(3-1-2-4-16-12)17-8-7-15-11(17)10-13-5-6-14-10;2-1-3/h5-9H,1-4H2,(H,13,14)(H,16,18);1H,(H,2,3)/t9-;/m0./s1. The van der Waals surface area contributed by atoms with Crippen LogP contribution in [0.25, 0.3) is 11.6 Å². The molecule has 3 N–H and O–H groups in total. The fourth-order valence-electron chi connectivity index (χ4n) is 2.32. The molecule has 21 heavy (non-hydrogen) atoms. The van der Waals surface area contributed by atoms with Crippen LogP contribution in [0.2, 0.25) is 0 Å². The summed E-state index contributed by atoms with van der Waals surface area (Å²) in [5.41, 5.74) is 0. The van der Waals surface area contributed by atoms with Crippen LogP contribution < -0.4 is 5.32 Å². The molecule has 1 atom stereocenters. The minimum atomic E-state index is -0.250. The Bertz CT molecular complexity index is 578. The Morgan fingerprint density at radius 3 is 2.86 bits per heavy atom. The van der Waals surface area contributed by atoms with Crippen LogP contribution in [-0.4, -0.2) is 43.5 Å². The molecule has 3 rings (SSSR count). The number of carbonyl (C=O) groups is 2. The Balaban J connectivity index is 0.000000497. The summed E-state index contributed by atoms with van der Waals surface area (Å²) in [7, 11) is 0. The summed E-state index contributed by atoms with van der Waals surface area (Å²) in [6.45, 7) is 0.514. The second-order valence-corrected chi connectivity index (χ2v) is 4.50. The lowest BCUT2D eigenvalue weighted by atomic mass is 10.1. The summed E-state index contributed by atoms with van der Waals surface area (Å²) < 4.78 is 1.90.